The number of nitrogens with one attached hydrogen (secondary N) is 6. The first-order valence-corrected chi connectivity index (χ1v) is 14.5. The maximum absolute atomic E-state index is 12.1. The van der Waals surface area contributed by atoms with Crippen molar-refractivity contribution in [3.8, 4) is 23.0 Å². The molecule has 3 aromatic rings. The van der Waals surface area contributed by atoms with Crippen molar-refractivity contribution >= 4 is 81.5 Å². The summed E-state index contributed by atoms with van der Waals surface area (Å²) in [6.45, 7) is -1.36. The fourth-order valence-electron chi connectivity index (χ4n) is 3.00. The largest absolute Gasteiger partial charge is 0.484 e. The summed E-state index contributed by atoms with van der Waals surface area (Å²) in [7, 11) is 0. The van der Waals surface area contributed by atoms with Crippen LogP contribution in [0.15, 0.2) is 72.8 Å². The summed E-state index contributed by atoms with van der Waals surface area (Å²) >= 11 is 21.5. The quantitative estimate of drug-likeness (QED) is 0.119. The second-order valence-corrected chi connectivity index (χ2v) is 10.3. The average Bonchev–Trinajstić information content (AvgIpc) is 3.04. The van der Waals surface area contributed by atoms with E-state index in [1.807, 2.05) is 0 Å². The van der Waals surface area contributed by atoms with Crippen LogP contribution in [0.1, 0.15) is 0 Å². The van der Waals surface area contributed by atoms with E-state index < -0.39 is 23.6 Å². The minimum absolute atomic E-state index is 0.157. The van der Waals surface area contributed by atoms with E-state index in [-0.39, 0.29) is 36.7 Å². The Hall–Kier alpha value is -4.90. The van der Waals surface area contributed by atoms with Crippen LogP contribution in [0.25, 0.3) is 0 Å². The lowest BCUT2D eigenvalue weighted by Crippen LogP contribution is -2.50. The third kappa shape index (κ3) is 14.3. The molecule has 0 saturated heterocycles. The molecule has 6 N–H and O–H groups in total. The molecule has 14 nitrogen and oxygen atoms in total. The molecule has 3 rings (SSSR count). The van der Waals surface area contributed by atoms with E-state index >= 15 is 0 Å². The molecule has 0 saturated carbocycles. The molecule has 0 aliphatic heterocycles. The van der Waals surface area contributed by atoms with E-state index in [0.29, 0.717) is 33.0 Å². The average molecular weight is 710 g/mol. The van der Waals surface area contributed by atoms with Crippen molar-refractivity contribution in [3.63, 3.8) is 0 Å². The predicted octanol–water partition coefficient (Wildman–Crippen LogP) is 1.95. The van der Waals surface area contributed by atoms with Gasteiger partial charge < -0.3 is 18.9 Å². The number of amides is 4. The molecule has 0 bridgehead atoms. The number of ether oxygens (including phenoxy) is 4. The Kier molecular flexibility index (Phi) is 14.5. The third-order valence-corrected chi connectivity index (χ3v) is 5.98. The van der Waals surface area contributed by atoms with Crippen molar-refractivity contribution in [1.29, 1.82) is 0 Å². The highest BCUT2D eigenvalue weighted by Crippen LogP contribution is 2.18. The molecule has 0 radical (unpaired) electrons. The first-order chi connectivity index (χ1) is 22.0. The van der Waals surface area contributed by atoms with E-state index in [2.05, 4.69) is 32.3 Å². The Morgan fingerprint density at radius 3 is 1.02 bits per heavy atom. The Balaban J connectivity index is 1.25. The fourth-order valence-corrected chi connectivity index (χ4v) is 3.58. The Morgan fingerprint density at radius 2 is 0.717 bits per heavy atom. The van der Waals surface area contributed by atoms with E-state index in [0.717, 1.165) is 0 Å². The summed E-state index contributed by atoms with van der Waals surface area (Å²) in [4.78, 5) is 47.9. The normalized spacial score (nSPS) is 9.96. The highest BCUT2D eigenvalue weighted by Gasteiger charge is 2.10. The lowest BCUT2D eigenvalue weighted by molar-refractivity contribution is -0.124. The summed E-state index contributed by atoms with van der Waals surface area (Å²) in [5.74, 6) is -0.682. The number of hydrogen-bond acceptors (Lipinski definition) is 10. The second kappa shape index (κ2) is 18.8. The van der Waals surface area contributed by atoms with E-state index in [4.69, 9.17) is 66.6 Å². The lowest BCUT2D eigenvalue weighted by Gasteiger charge is -2.12. The number of rotatable bonds is 12. The van der Waals surface area contributed by atoms with Crippen LogP contribution in [-0.2, 0) is 19.2 Å². The first kappa shape index (κ1) is 35.6. The summed E-state index contributed by atoms with van der Waals surface area (Å²) in [5, 5.41) is 5.44. The van der Waals surface area contributed by atoms with Gasteiger partial charge in [-0.2, -0.15) is 0 Å². The number of halogens is 2. The molecule has 242 valence electrons. The van der Waals surface area contributed by atoms with Gasteiger partial charge in [-0.15, -0.1) is 0 Å². The molecule has 3 aromatic carbocycles. The van der Waals surface area contributed by atoms with Gasteiger partial charge in [0.1, 0.15) is 23.0 Å². The van der Waals surface area contributed by atoms with Gasteiger partial charge in [-0.05, 0) is 97.2 Å². The van der Waals surface area contributed by atoms with Gasteiger partial charge in [0.15, 0.2) is 36.7 Å². The number of hydrogen-bond donors (Lipinski definition) is 6. The van der Waals surface area contributed by atoms with E-state index in [9.17, 15) is 19.2 Å². The summed E-state index contributed by atoms with van der Waals surface area (Å²) < 4.78 is 21.4. The van der Waals surface area contributed by atoms with Crippen molar-refractivity contribution < 1.29 is 38.1 Å². The van der Waals surface area contributed by atoms with Crippen molar-refractivity contribution in [1.82, 2.24) is 32.3 Å². The van der Waals surface area contributed by atoms with Crippen LogP contribution < -0.4 is 51.3 Å². The first-order valence-electron chi connectivity index (χ1n) is 13.0. The second-order valence-electron chi connectivity index (χ2n) is 8.63. The fraction of sp³-hybridized carbons (Fsp3) is 0.143. The molecular formula is C28H26Cl2N6O8S2. The maximum Gasteiger partial charge on any atom is 0.276 e. The minimum Gasteiger partial charge on any atom is -0.484 e. The van der Waals surface area contributed by atoms with Crippen LogP contribution >= 0.6 is 47.6 Å². The van der Waals surface area contributed by atoms with Gasteiger partial charge >= 0.3 is 0 Å². The molecule has 0 atom stereocenters. The zero-order valence-corrected chi connectivity index (χ0v) is 26.7. The van der Waals surface area contributed by atoms with Gasteiger partial charge in [0.05, 0.1) is 0 Å². The molecule has 46 heavy (non-hydrogen) atoms. The number of carbonyl (C=O) groups excluding carboxylic acids is 4. The number of thiocarbonyl (C=S) groups is 2. The monoisotopic (exact) mass is 708 g/mol. The topological polar surface area (TPSA) is 177 Å². The highest BCUT2D eigenvalue weighted by atomic mass is 35.5. The summed E-state index contributed by atoms with van der Waals surface area (Å²) in [6.07, 6.45) is 0. The van der Waals surface area contributed by atoms with Crippen molar-refractivity contribution in [2.45, 2.75) is 0 Å². The molecule has 0 heterocycles. The smallest absolute Gasteiger partial charge is 0.276 e. The van der Waals surface area contributed by atoms with Crippen LogP contribution in [0.2, 0.25) is 10.0 Å². The van der Waals surface area contributed by atoms with Crippen LogP contribution in [0, 0.1) is 0 Å². The van der Waals surface area contributed by atoms with Crippen molar-refractivity contribution in [3.05, 3.63) is 82.8 Å². The van der Waals surface area contributed by atoms with Gasteiger partial charge in [0, 0.05) is 10.0 Å². The molecule has 4 amide bonds. The maximum atomic E-state index is 12.1. The van der Waals surface area contributed by atoms with Gasteiger partial charge in [-0.25, -0.2) is 0 Å². The lowest BCUT2D eigenvalue weighted by atomic mass is 10.3. The summed E-state index contributed by atoms with van der Waals surface area (Å²) in [5.41, 5.74) is 9.33. The molecule has 18 heteroatoms. The van der Waals surface area contributed by atoms with Crippen molar-refractivity contribution in [2.75, 3.05) is 26.4 Å². The standard InChI is InChI=1S/C28H26Cl2N6O8S2/c29-17-1-5-19(6-2-17)43-15-25(39)33-35-27(45)31-23(37)13-41-21-9-11-22(12-10-21)42-14-24(38)32-28(46)36-34-26(40)16-44-20-7-3-18(30)4-8-20/h1-12H,13-16H2,(H,33,39)(H,34,40)(H2,31,35,37,45)(H2,32,36,38,46). The Morgan fingerprint density at radius 1 is 0.457 bits per heavy atom. The van der Waals surface area contributed by atoms with Crippen LogP contribution in [0.4, 0.5) is 0 Å². The zero-order valence-electron chi connectivity index (χ0n) is 23.6. The zero-order chi connectivity index (χ0) is 33.3. The van der Waals surface area contributed by atoms with Crippen LogP contribution in [-0.4, -0.2) is 60.3 Å². The summed E-state index contributed by atoms with van der Waals surface area (Å²) in [6, 6.07) is 19.0. The molecular weight excluding hydrogens is 683 g/mol. The Bertz CT molecular complexity index is 1420. The SMILES string of the molecule is O=C(COc1ccc(Cl)cc1)NNC(=S)NC(=O)COc1ccc(OCC(=O)NC(=S)NNC(=O)COc2ccc(Cl)cc2)cc1. The third-order valence-electron chi connectivity index (χ3n) is 5.07. The molecule has 0 aromatic heterocycles. The number of hydrazine groups is 2. The minimum atomic E-state index is -0.587. The van der Waals surface area contributed by atoms with Gasteiger partial charge in [0.25, 0.3) is 23.6 Å². The highest BCUT2D eigenvalue weighted by molar-refractivity contribution is 7.80. The molecule has 0 aliphatic carbocycles. The number of benzene rings is 3. The number of carbonyl (C=O) groups is 4. The van der Waals surface area contributed by atoms with E-state index in [1.54, 1.807) is 48.5 Å². The molecule has 0 spiro atoms. The van der Waals surface area contributed by atoms with Gasteiger partial charge in [0.2, 0.25) is 0 Å². The molecule has 0 unspecified atom stereocenters. The Labute approximate surface area is 283 Å². The van der Waals surface area contributed by atoms with Gasteiger partial charge in [-0.3, -0.25) is 51.5 Å². The van der Waals surface area contributed by atoms with Gasteiger partial charge in [-0.1, -0.05) is 23.2 Å². The predicted molar refractivity (Wildman–Crippen MR) is 175 cm³/mol. The van der Waals surface area contributed by atoms with Crippen LogP contribution in [0.5, 0.6) is 23.0 Å². The molecule has 0 aliphatic rings. The van der Waals surface area contributed by atoms with E-state index in [1.165, 1.54) is 24.3 Å². The molecule has 0 fully saturated rings. The van der Waals surface area contributed by atoms with Crippen molar-refractivity contribution in [2.24, 2.45) is 0 Å². The van der Waals surface area contributed by atoms with Crippen LogP contribution in [0.3, 0.4) is 0 Å².